The molecule has 3 heterocycles. The van der Waals surface area contributed by atoms with Crippen molar-refractivity contribution in [3.63, 3.8) is 0 Å². The Kier molecular flexibility index (Phi) is 3.40. The molecule has 2 saturated heterocycles. The minimum atomic E-state index is -0.855. The lowest BCUT2D eigenvalue weighted by Crippen LogP contribution is -2.55. The number of nitrogens with zero attached hydrogens (tertiary/aromatic N) is 2. The van der Waals surface area contributed by atoms with Crippen LogP contribution in [0.1, 0.15) is 23.2 Å². The van der Waals surface area contributed by atoms with Gasteiger partial charge in [0.05, 0.1) is 5.56 Å². The summed E-state index contributed by atoms with van der Waals surface area (Å²) in [6, 6.07) is 2.95. The summed E-state index contributed by atoms with van der Waals surface area (Å²) in [5, 5.41) is 4.92. The highest BCUT2D eigenvalue weighted by Crippen LogP contribution is 2.26. The van der Waals surface area contributed by atoms with Crippen molar-refractivity contribution >= 4 is 33.8 Å². The summed E-state index contributed by atoms with van der Waals surface area (Å²) in [4.78, 5) is 41.1. The number of carbonyl (C=O) groups is 3. The van der Waals surface area contributed by atoms with Crippen LogP contribution in [0, 0.1) is 0 Å². The van der Waals surface area contributed by atoms with Crippen LogP contribution < -0.4 is 10.6 Å². The summed E-state index contributed by atoms with van der Waals surface area (Å²) in [6.07, 6.45) is 2.35. The highest BCUT2D eigenvalue weighted by Gasteiger charge is 2.48. The monoisotopic (exact) mass is 352 g/mol. The van der Waals surface area contributed by atoms with Crippen molar-refractivity contribution in [2.24, 2.45) is 0 Å². The molecule has 2 aliphatic heterocycles. The van der Waals surface area contributed by atoms with Crippen molar-refractivity contribution in [3.8, 4) is 0 Å². The van der Waals surface area contributed by atoms with Crippen molar-refractivity contribution in [2.75, 3.05) is 13.1 Å². The first-order valence-corrected chi connectivity index (χ1v) is 7.34. The van der Waals surface area contributed by atoms with Crippen LogP contribution in [0.2, 0.25) is 0 Å². The predicted molar refractivity (Wildman–Crippen MR) is 76.5 cm³/mol. The molecule has 1 aromatic rings. The number of imide groups is 1. The summed E-state index contributed by atoms with van der Waals surface area (Å²) >= 11 is 3.22. The van der Waals surface area contributed by atoms with Crippen molar-refractivity contribution in [3.05, 3.63) is 28.5 Å². The average molecular weight is 353 g/mol. The molecular formula is C13H13BrN4O3. The van der Waals surface area contributed by atoms with Crippen LogP contribution in [-0.2, 0) is 4.79 Å². The molecule has 0 aliphatic carbocycles. The lowest BCUT2D eigenvalue weighted by Gasteiger charge is -2.36. The minimum Gasteiger partial charge on any atom is -0.338 e. The van der Waals surface area contributed by atoms with Gasteiger partial charge in [0.1, 0.15) is 10.1 Å². The number of urea groups is 1. The Labute approximate surface area is 129 Å². The van der Waals surface area contributed by atoms with Crippen molar-refractivity contribution in [2.45, 2.75) is 18.4 Å². The smallest absolute Gasteiger partial charge is 0.322 e. The van der Waals surface area contributed by atoms with E-state index in [-0.39, 0.29) is 11.8 Å². The summed E-state index contributed by atoms with van der Waals surface area (Å²) in [5.41, 5.74) is -0.347. The first kappa shape index (κ1) is 14.0. The molecule has 7 nitrogen and oxygen atoms in total. The number of aromatic nitrogens is 1. The maximum Gasteiger partial charge on any atom is 0.322 e. The van der Waals surface area contributed by atoms with E-state index in [4.69, 9.17) is 0 Å². The van der Waals surface area contributed by atoms with Gasteiger partial charge in [0.15, 0.2) is 0 Å². The second-order valence-corrected chi connectivity index (χ2v) is 5.96. The summed E-state index contributed by atoms with van der Waals surface area (Å²) in [6.45, 7) is 0.838. The van der Waals surface area contributed by atoms with Gasteiger partial charge in [0, 0.05) is 19.3 Å². The molecular weight excluding hydrogens is 340 g/mol. The van der Waals surface area contributed by atoms with Crippen molar-refractivity contribution in [1.29, 1.82) is 0 Å². The maximum atomic E-state index is 12.3. The first-order valence-electron chi connectivity index (χ1n) is 6.55. The molecule has 21 heavy (non-hydrogen) atoms. The molecule has 0 aromatic carbocycles. The van der Waals surface area contributed by atoms with E-state index < -0.39 is 11.6 Å². The van der Waals surface area contributed by atoms with Gasteiger partial charge < -0.3 is 10.2 Å². The molecule has 8 heteroatoms. The molecule has 0 saturated carbocycles. The Morgan fingerprint density at radius 1 is 1.29 bits per heavy atom. The molecule has 0 bridgehead atoms. The number of likely N-dealkylation sites (tertiary alicyclic amines) is 1. The fourth-order valence-electron chi connectivity index (χ4n) is 2.66. The molecule has 2 fully saturated rings. The molecule has 1 spiro atoms. The van der Waals surface area contributed by atoms with Crippen molar-refractivity contribution < 1.29 is 14.4 Å². The van der Waals surface area contributed by atoms with E-state index in [0.29, 0.717) is 36.1 Å². The summed E-state index contributed by atoms with van der Waals surface area (Å²) in [7, 11) is 0. The normalized spacial score (nSPS) is 20.3. The fourth-order valence-corrected chi connectivity index (χ4v) is 2.89. The zero-order valence-electron chi connectivity index (χ0n) is 11.1. The minimum absolute atomic E-state index is 0.116. The quantitative estimate of drug-likeness (QED) is 0.573. The number of hydrogen-bond acceptors (Lipinski definition) is 4. The van der Waals surface area contributed by atoms with E-state index in [2.05, 4.69) is 31.5 Å². The van der Waals surface area contributed by atoms with E-state index in [0.717, 1.165) is 0 Å². The SMILES string of the molecule is O=C1NC(=O)C2(CCN(C(=O)c3ccc(Br)nc3)CC2)N1. The zero-order valence-corrected chi connectivity index (χ0v) is 12.6. The van der Waals surface area contributed by atoms with Crippen LogP contribution in [0.5, 0.6) is 0 Å². The maximum absolute atomic E-state index is 12.3. The lowest BCUT2D eigenvalue weighted by atomic mass is 9.87. The Bertz CT molecular complexity index is 608. The molecule has 2 aliphatic rings. The van der Waals surface area contributed by atoms with Gasteiger partial charge >= 0.3 is 6.03 Å². The van der Waals surface area contributed by atoms with Gasteiger partial charge in [-0.3, -0.25) is 14.9 Å². The lowest BCUT2D eigenvalue weighted by molar-refractivity contribution is -0.125. The number of nitrogens with one attached hydrogen (secondary N) is 2. The molecule has 110 valence electrons. The number of pyridine rings is 1. The molecule has 3 rings (SSSR count). The Morgan fingerprint density at radius 2 is 2.00 bits per heavy atom. The molecule has 0 unspecified atom stereocenters. The Morgan fingerprint density at radius 3 is 2.52 bits per heavy atom. The highest BCUT2D eigenvalue weighted by atomic mass is 79.9. The van der Waals surface area contributed by atoms with Gasteiger partial charge in [-0.1, -0.05) is 0 Å². The number of halogens is 1. The average Bonchev–Trinajstić information content (AvgIpc) is 2.74. The van der Waals surface area contributed by atoms with Crippen molar-refractivity contribution in [1.82, 2.24) is 20.5 Å². The number of carbonyl (C=O) groups excluding carboxylic acids is 3. The Balaban J connectivity index is 1.68. The van der Waals surface area contributed by atoms with Gasteiger partial charge in [-0.15, -0.1) is 0 Å². The second kappa shape index (κ2) is 5.10. The van der Waals surface area contributed by atoms with Crippen LogP contribution in [0.15, 0.2) is 22.9 Å². The Hall–Kier alpha value is -1.96. The van der Waals surface area contributed by atoms with Crippen LogP contribution >= 0.6 is 15.9 Å². The third kappa shape index (κ3) is 2.51. The first-order chi connectivity index (χ1) is 10.00. The molecule has 1 aromatic heterocycles. The van der Waals surface area contributed by atoms with Crippen LogP contribution in [0.4, 0.5) is 4.79 Å². The van der Waals surface area contributed by atoms with E-state index in [9.17, 15) is 14.4 Å². The molecule has 0 atom stereocenters. The molecule has 4 amide bonds. The third-order valence-electron chi connectivity index (χ3n) is 3.89. The zero-order chi connectivity index (χ0) is 15.0. The number of piperidine rings is 1. The molecule has 0 radical (unpaired) electrons. The summed E-state index contributed by atoms with van der Waals surface area (Å²) in [5.74, 6) is -0.417. The predicted octanol–water partition coefficient (Wildman–Crippen LogP) is 0.658. The van der Waals surface area contributed by atoms with E-state index >= 15 is 0 Å². The van der Waals surface area contributed by atoms with Crippen LogP contribution in [0.3, 0.4) is 0 Å². The van der Waals surface area contributed by atoms with E-state index in [1.54, 1.807) is 17.0 Å². The van der Waals surface area contributed by atoms with Crippen LogP contribution in [-0.4, -0.2) is 46.4 Å². The third-order valence-corrected chi connectivity index (χ3v) is 4.36. The number of hydrogen-bond donors (Lipinski definition) is 2. The number of rotatable bonds is 1. The van der Waals surface area contributed by atoms with Gasteiger partial charge in [0.25, 0.3) is 11.8 Å². The fraction of sp³-hybridized carbons (Fsp3) is 0.385. The summed E-state index contributed by atoms with van der Waals surface area (Å²) < 4.78 is 0.669. The van der Waals surface area contributed by atoms with Gasteiger partial charge in [-0.05, 0) is 40.9 Å². The molecule has 2 N–H and O–H groups in total. The standard InChI is InChI=1S/C13H13BrN4O3/c14-9-2-1-8(7-15-9)10(19)18-5-3-13(4-6-18)11(20)16-12(21)17-13/h1-2,7H,3-6H2,(H2,16,17,20,21). The topological polar surface area (TPSA) is 91.4 Å². The largest absolute Gasteiger partial charge is 0.338 e. The van der Waals surface area contributed by atoms with Gasteiger partial charge in [0.2, 0.25) is 0 Å². The van der Waals surface area contributed by atoms with Crippen LogP contribution in [0.25, 0.3) is 0 Å². The van der Waals surface area contributed by atoms with Gasteiger partial charge in [-0.2, -0.15) is 0 Å². The van der Waals surface area contributed by atoms with E-state index in [1.807, 2.05) is 0 Å². The highest BCUT2D eigenvalue weighted by molar-refractivity contribution is 9.10. The van der Waals surface area contributed by atoms with E-state index in [1.165, 1.54) is 6.20 Å². The number of amides is 4. The second-order valence-electron chi connectivity index (χ2n) is 5.15. The van der Waals surface area contributed by atoms with Gasteiger partial charge in [-0.25, -0.2) is 9.78 Å².